The molecule has 0 spiro atoms. The Morgan fingerprint density at radius 2 is 2.10 bits per heavy atom. The molecule has 0 aliphatic heterocycles. The minimum absolute atomic E-state index is 0.00575. The lowest BCUT2D eigenvalue weighted by atomic mass is 9.85. The Kier molecular flexibility index (Phi) is 5.17. The second-order valence-electron chi connectivity index (χ2n) is 5.62. The van der Waals surface area contributed by atoms with E-state index in [4.69, 9.17) is 5.11 Å². The largest absolute Gasteiger partial charge is 0.478 e. The highest BCUT2D eigenvalue weighted by Gasteiger charge is 2.29. The van der Waals surface area contributed by atoms with Crippen molar-refractivity contribution >= 4 is 29.3 Å². The van der Waals surface area contributed by atoms with Gasteiger partial charge in [-0.2, -0.15) is 0 Å². The van der Waals surface area contributed by atoms with Gasteiger partial charge in [0.15, 0.2) is 0 Å². The number of amides is 1. The van der Waals surface area contributed by atoms with Crippen LogP contribution in [0, 0.1) is 5.92 Å². The molecule has 1 fully saturated rings. The van der Waals surface area contributed by atoms with Crippen molar-refractivity contribution in [2.45, 2.75) is 38.6 Å². The van der Waals surface area contributed by atoms with Crippen LogP contribution in [0.2, 0.25) is 0 Å². The van der Waals surface area contributed by atoms with Crippen molar-refractivity contribution in [2.75, 3.05) is 7.05 Å². The fourth-order valence-electron chi connectivity index (χ4n) is 2.97. The summed E-state index contributed by atoms with van der Waals surface area (Å²) in [6, 6.07) is 2.07. The van der Waals surface area contributed by atoms with Gasteiger partial charge in [-0.3, -0.25) is 4.79 Å². The quantitative estimate of drug-likeness (QED) is 0.866. The van der Waals surface area contributed by atoms with E-state index in [1.165, 1.54) is 36.7 Å². The van der Waals surface area contributed by atoms with Crippen molar-refractivity contribution in [1.29, 1.82) is 0 Å². The van der Waals surface area contributed by atoms with Crippen LogP contribution in [0.15, 0.2) is 17.5 Å². The molecule has 5 heteroatoms. The molecule has 114 valence electrons. The van der Waals surface area contributed by atoms with Gasteiger partial charge in [0.2, 0.25) is 0 Å². The summed E-state index contributed by atoms with van der Waals surface area (Å²) in [6.45, 7) is 2.20. The molecular formula is C16H21NO3S. The molecule has 1 aliphatic rings. The molecule has 0 saturated heterocycles. The molecule has 2 atom stereocenters. The molecule has 1 heterocycles. The molecule has 4 nitrogen and oxygen atoms in total. The second kappa shape index (κ2) is 6.89. The third-order valence-electron chi connectivity index (χ3n) is 4.18. The van der Waals surface area contributed by atoms with E-state index in [0.29, 0.717) is 16.4 Å². The van der Waals surface area contributed by atoms with Gasteiger partial charge in [0.1, 0.15) is 0 Å². The van der Waals surface area contributed by atoms with Crippen molar-refractivity contribution in [2.24, 2.45) is 5.92 Å². The maximum Gasteiger partial charge on any atom is 0.328 e. The lowest BCUT2D eigenvalue weighted by Crippen LogP contribution is -2.42. The fraction of sp³-hybridized carbons (Fsp3) is 0.500. The van der Waals surface area contributed by atoms with E-state index in [-0.39, 0.29) is 11.9 Å². The van der Waals surface area contributed by atoms with Gasteiger partial charge in [-0.05, 0) is 41.8 Å². The zero-order valence-electron chi connectivity index (χ0n) is 12.4. The van der Waals surface area contributed by atoms with Crippen LogP contribution in [0.5, 0.6) is 0 Å². The second-order valence-corrected chi connectivity index (χ2v) is 6.54. The third kappa shape index (κ3) is 3.73. The fourth-order valence-corrected chi connectivity index (χ4v) is 3.84. The van der Waals surface area contributed by atoms with Crippen molar-refractivity contribution in [3.05, 3.63) is 28.0 Å². The lowest BCUT2D eigenvalue weighted by Gasteiger charge is -2.36. The van der Waals surface area contributed by atoms with Crippen LogP contribution in [0.4, 0.5) is 0 Å². The van der Waals surface area contributed by atoms with Gasteiger partial charge in [-0.25, -0.2) is 4.79 Å². The van der Waals surface area contributed by atoms with Gasteiger partial charge in [0.25, 0.3) is 5.91 Å². The molecule has 1 aliphatic carbocycles. The number of aliphatic carboxylic acids is 1. The molecule has 1 aromatic heterocycles. The van der Waals surface area contributed by atoms with E-state index in [9.17, 15) is 9.59 Å². The Labute approximate surface area is 129 Å². The SMILES string of the molecule is CC1CCCCC1N(C)C(=O)c1sccc1C=CC(=O)O. The molecule has 1 amide bonds. The number of carbonyl (C=O) groups excluding carboxylic acids is 1. The van der Waals surface area contributed by atoms with Gasteiger partial charge < -0.3 is 10.0 Å². The highest BCUT2D eigenvalue weighted by molar-refractivity contribution is 7.12. The van der Waals surface area contributed by atoms with Gasteiger partial charge in [-0.1, -0.05) is 19.8 Å². The molecule has 21 heavy (non-hydrogen) atoms. The summed E-state index contributed by atoms with van der Waals surface area (Å²) < 4.78 is 0. The number of hydrogen-bond acceptors (Lipinski definition) is 3. The summed E-state index contributed by atoms with van der Waals surface area (Å²) in [4.78, 5) is 25.8. The average Bonchev–Trinajstić information content (AvgIpc) is 2.92. The zero-order valence-corrected chi connectivity index (χ0v) is 13.2. The van der Waals surface area contributed by atoms with Crippen LogP contribution in [-0.4, -0.2) is 35.0 Å². The Morgan fingerprint density at radius 1 is 1.38 bits per heavy atom. The summed E-state index contributed by atoms with van der Waals surface area (Å²) in [5.74, 6) is -0.492. The van der Waals surface area contributed by atoms with Crippen LogP contribution in [0.3, 0.4) is 0 Å². The van der Waals surface area contributed by atoms with E-state index in [1.54, 1.807) is 6.07 Å². The number of carbonyl (C=O) groups is 2. The number of carboxylic acid groups (broad SMARTS) is 1. The molecule has 1 saturated carbocycles. The Morgan fingerprint density at radius 3 is 2.76 bits per heavy atom. The highest BCUT2D eigenvalue weighted by atomic mass is 32.1. The number of thiophene rings is 1. The minimum Gasteiger partial charge on any atom is -0.478 e. The summed E-state index contributed by atoms with van der Waals surface area (Å²) >= 11 is 1.37. The molecule has 1 N–H and O–H groups in total. The van der Waals surface area contributed by atoms with Crippen LogP contribution in [-0.2, 0) is 4.79 Å². The normalized spacial score (nSPS) is 22.4. The monoisotopic (exact) mass is 307 g/mol. The first kappa shape index (κ1) is 15.8. The Hall–Kier alpha value is -1.62. The smallest absolute Gasteiger partial charge is 0.328 e. The van der Waals surface area contributed by atoms with E-state index >= 15 is 0 Å². The molecule has 1 aromatic rings. The van der Waals surface area contributed by atoms with E-state index in [0.717, 1.165) is 12.5 Å². The van der Waals surface area contributed by atoms with Gasteiger partial charge in [0, 0.05) is 19.2 Å². The standard InChI is InChI=1S/C16H21NO3S/c1-11-5-3-4-6-13(11)17(2)16(20)15-12(9-10-21-15)7-8-14(18)19/h7-11,13H,3-6H2,1-2H3,(H,18,19). The first-order valence-electron chi connectivity index (χ1n) is 7.26. The summed E-state index contributed by atoms with van der Waals surface area (Å²) in [5, 5.41) is 10.5. The van der Waals surface area contributed by atoms with Crippen molar-refractivity contribution in [1.82, 2.24) is 4.90 Å². The van der Waals surface area contributed by atoms with Gasteiger partial charge in [-0.15, -0.1) is 11.3 Å². The average molecular weight is 307 g/mol. The first-order valence-corrected chi connectivity index (χ1v) is 8.14. The number of hydrogen-bond donors (Lipinski definition) is 1. The molecular weight excluding hydrogens is 286 g/mol. The maximum atomic E-state index is 12.7. The number of nitrogens with zero attached hydrogens (tertiary/aromatic N) is 1. The Balaban J connectivity index is 2.16. The third-order valence-corrected chi connectivity index (χ3v) is 5.10. The van der Waals surface area contributed by atoms with E-state index < -0.39 is 5.97 Å². The molecule has 2 rings (SSSR count). The molecule has 0 radical (unpaired) electrons. The van der Waals surface area contributed by atoms with Crippen LogP contribution < -0.4 is 0 Å². The topological polar surface area (TPSA) is 57.6 Å². The predicted molar refractivity (Wildman–Crippen MR) is 84.5 cm³/mol. The van der Waals surface area contributed by atoms with Crippen molar-refractivity contribution in [3.63, 3.8) is 0 Å². The number of carboxylic acids is 1. The lowest BCUT2D eigenvalue weighted by molar-refractivity contribution is -0.131. The van der Waals surface area contributed by atoms with Gasteiger partial charge >= 0.3 is 5.97 Å². The first-order chi connectivity index (χ1) is 10.0. The molecule has 0 aromatic carbocycles. The molecule has 0 bridgehead atoms. The highest BCUT2D eigenvalue weighted by Crippen LogP contribution is 2.29. The zero-order chi connectivity index (χ0) is 15.4. The van der Waals surface area contributed by atoms with Crippen LogP contribution in [0.1, 0.15) is 47.8 Å². The van der Waals surface area contributed by atoms with Gasteiger partial charge in [0.05, 0.1) is 4.88 Å². The van der Waals surface area contributed by atoms with Crippen LogP contribution >= 0.6 is 11.3 Å². The number of rotatable bonds is 4. The van der Waals surface area contributed by atoms with Crippen molar-refractivity contribution < 1.29 is 14.7 Å². The molecule has 2 unspecified atom stereocenters. The summed E-state index contributed by atoms with van der Waals surface area (Å²) in [5.41, 5.74) is 0.683. The van der Waals surface area contributed by atoms with E-state index in [1.807, 2.05) is 17.3 Å². The van der Waals surface area contributed by atoms with Crippen LogP contribution in [0.25, 0.3) is 6.08 Å². The Bertz CT molecular complexity index is 549. The van der Waals surface area contributed by atoms with E-state index in [2.05, 4.69) is 6.92 Å². The predicted octanol–water partition coefficient (Wildman–Crippen LogP) is 3.50. The van der Waals surface area contributed by atoms with Crippen molar-refractivity contribution in [3.8, 4) is 0 Å². The minimum atomic E-state index is -1.01. The maximum absolute atomic E-state index is 12.7. The summed E-state index contributed by atoms with van der Waals surface area (Å²) in [6.07, 6.45) is 7.19. The summed E-state index contributed by atoms with van der Waals surface area (Å²) in [7, 11) is 1.86.